The fourth-order valence-electron chi connectivity index (χ4n) is 3.38. The average molecular weight is 277 g/mol. The van der Waals surface area contributed by atoms with Gasteiger partial charge in [-0.15, -0.1) is 0 Å². The van der Waals surface area contributed by atoms with Crippen LogP contribution in [0.4, 0.5) is 0 Å². The normalized spacial score (nSPS) is 11.6. The number of nitrogens with zero attached hydrogens (tertiary/aromatic N) is 1. The molecule has 0 unspecified atom stereocenters. The van der Waals surface area contributed by atoms with E-state index in [4.69, 9.17) is 4.98 Å². The summed E-state index contributed by atoms with van der Waals surface area (Å²) in [5.74, 6) is 0. The Bertz CT molecular complexity index is 901. The Morgan fingerprint density at radius 3 is 1.76 bits per heavy atom. The molecule has 2 aromatic carbocycles. The molecule has 0 atom stereocenters. The lowest BCUT2D eigenvalue weighted by atomic mass is 9.89. The Balaban J connectivity index is 2.67. The molecule has 0 saturated heterocycles. The molecule has 0 radical (unpaired) electrons. The third-order valence-electron chi connectivity index (χ3n) is 5.43. The molecule has 1 heteroatoms. The predicted octanol–water partition coefficient (Wildman–Crippen LogP) is 5.55. The van der Waals surface area contributed by atoms with Crippen LogP contribution >= 0.6 is 0 Å². The minimum Gasteiger partial charge on any atom is -0.252 e. The lowest BCUT2D eigenvalue weighted by molar-refractivity contribution is 1.17. The van der Waals surface area contributed by atoms with E-state index >= 15 is 0 Å². The Morgan fingerprint density at radius 2 is 1.10 bits per heavy atom. The van der Waals surface area contributed by atoms with Crippen molar-refractivity contribution in [1.29, 1.82) is 0 Å². The van der Waals surface area contributed by atoms with Gasteiger partial charge in [-0.2, -0.15) is 0 Å². The van der Waals surface area contributed by atoms with Crippen LogP contribution in [0.5, 0.6) is 0 Å². The van der Waals surface area contributed by atoms with Gasteiger partial charge in [0.05, 0.1) is 5.52 Å². The van der Waals surface area contributed by atoms with E-state index in [1.54, 1.807) is 0 Å². The molecule has 21 heavy (non-hydrogen) atoms. The summed E-state index contributed by atoms with van der Waals surface area (Å²) in [5, 5.41) is 3.97. The van der Waals surface area contributed by atoms with Crippen LogP contribution < -0.4 is 0 Å². The van der Waals surface area contributed by atoms with Crippen molar-refractivity contribution in [2.45, 2.75) is 48.5 Å². The third-order valence-corrected chi connectivity index (χ3v) is 5.43. The molecule has 3 aromatic rings. The number of hydrogen-bond acceptors (Lipinski definition) is 1. The molecule has 1 aromatic heterocycles. The van der Waals surface area contributed by atoms with Gasteiger partial charge in [0, 0.05) is 16.5 Å². The zero-order valence-electron chi connectivity index (χ0n) is 14.1. The van der Waals surface area contributed by atoms with Crippen molar-refractivity contribution in [3.8, 4) is 0 Å². The van der Waals surface area contributed by atoms with Gasteiger partial charge in [-0.05, 0) is 87.2 Å². The maximum atomic E-state index is 4.94. The second kappa shape index (κ2) is 4.56. The summed E-state index contributed by atoms with van der Waals surface area (Å²) in [4.78, 5) is 4.94. The van der Waals surface area contributed by atoms with Crippen LogP contribution in [0.2, 0.25) is 0 Å². The molecule has 1 heterocycles. The van der Waals surface area contributed by atoms with E-state index in [9.17, 15) is 0 Å². The van der Waals surface area contributed by atoms with E-state index in [0.29, 0.717) is 0 Å². The van der Waals surface area contributed by atoms with Crippen molar-refractivity contribution in [3.05, 3.63) is 51.2 Å². The van der Waals surface area contributed by atoms with Crippen molar-refractivity contribution >= 4 is 21.7 Å². The summed E-state index contributed by atoms with van der Waals surface area (Å²) in [7, 11) is 0. The van der Waals surface area contributed by atoms with Gasteiger partial charge in [0.15, 0.2) is 0 Å². The highest BCUT2D eigenvalue weighted by molar-refractivity contribution is 6.10. The van der Waals surface area contributed by atoms with Gasteiger partial charge in [-0.3, -0.25) is 4.98 Å². The average Bonchev–Trinajstić information content (AvgIpc) is 2.47. The number of aromatic nitrogens is 1. The molecule has 0 aliphatic carbocycles. The molecule has 0 saturated carbocycles. The Labute approximate surface area is 127 Å². The predicted molar refractivity (Wildman–Crippen MR) is 92.4 cm³/mol. The van der Waals surface area contributed by atoms with Crippen molar-refractivity contribution in [1.82, 2.24) is 4.98 Å². The van der Waals surface area contributed by atoms with Crippen molar-refractivity contribution in [3.63, 3.8) is 0 Å². The minimum atomic E-state index is 1.14. The first-order valence-corrected chi connectivity index (χ1v) is 7.61. The zero-order chi connectivity index (χ0) is 15.5. The standard InChI is InChI=1S/C20H23N/c1-10-11(2)15(6)19-17(13(10)4)8-9-18-14(5)12(3)16(7)21-20(18)19/h8-9H,1-7H3. The van der Waals surface area contributed by atoms with Crippen LogP contribution in [0.15, 0.2) is 12.1 Å². The van der Waals surface area contributed by atoms with Gasteiger partial charge >= 0.3 is 0 Å². The maximum absolute atomic E-state index is 4.94. The van der Waals surface area contributed by atoms with Gasteiger partial charge < -0.3 is 0 Å². The highest BCUT2D eigenvalue weighted by Gasteiger charge is 2.14. The molecular weight excluding hydrogens is 254 g/mol. The first-order chi connectivity index (χ1) is 9.84. The molecule has 0 aliphatic rings. The second-order valence-electron chi connectivity index (χ2n) is 6.33. The highest BCUT2D eigenvalue weighted by atomic mass is 14.7. The smallest absolute Gasteiger partial charge is 0.0789 e. The molecule has 1 nitrogen and oxygen atoms in total. The summed E-state index contributed by atoms with van der Waals surface area (Å²) in [5.41, 5.74) is 10.5. The molecule has 0 N–H and O–H groups in total. The van der Waals surface area contributed by atoms with Gasteiger partial charge in [0.2, 0.25) is 0 Å². The first kappa shape index (κ1) is 14.1. The topological polar surface area (TPSA) is 12.9 Å². The van der Waals surface area contributed by atoms with E-state index < -0.39 is 0 Å². The number of aryl methyl sites for hydroxylation is 4. The van der Waals surface area contributed by atoms with Crippen molar-refractivity contribution in [2.24, 2.45) is 0 Å². The van der Waals surface area contributed by atoms with E-state index in [0.717, 1.165) is 11.2 Å². The third kappa shape index (κ3) is 1.80. The van der Waals surface area contributed by atoms with Gasteiger partial charge in [-0.25, -0.2) is 0 Å². The lowest BCUT2D eigenvalue weighted by Gasteiger charge is -2.17. The minimum absolute atomic E-state index is 1.14. The Kier molecular flexibility index (Phi) is 3.05. The van der Waals surface area contributed by atoms with E-state index in [1.165, 1.54) is 49.5 Å². The van der Waals surface area contributed by atoms with Crippen molar-refractivity contribution in [2.75, 3.05) is 0 Å². The Morgan fingerprint density at radius 1 is 0.571 bits per heavy atom. The molecule has 0 fully saturated rings. The molecule has 0 spiro atoms. The van der Waals surface area contributed by atoms with Gasteiger partial charge in [-0.1, -0.05) is 12.1 Å². The van der Waals surface area contributed by atoms with E-state index in [2.05, 4.69) is 60.6 Å². The van der Waals surface area contributed by atoms with Crippen LogP contribution in [0.1, 0.15) is 39.1 Å². The van der Waals surface area contributed by atoms with Crippen LogP contribution in [-0.2, 0) is 0 Å². The van der Waals surface area contributed by atoms with Crippen LogP contribution in [-0.4, -0.2) is 4.98 Å². The number of fused-ring (bicyclic) bond motifs is 3. The number of pyridine rings is 1. The number of rotatable bonds is 0. The van der Waals surface area contributed by atoms with Gasteiger partial charge in [0.25, 0.3) is 0 Å². The van der Waals surface area contributed by atoms with Crippen LogP contribution in [0.25, 0.3) is 21.7 Å². The molecule has 0 amide bonds. The molecular formula is C20H23N. The first-order valence-electron chi connectivity index (χ1n) is 7.61. The summed E-state index contributed by atoms with van der Waals surface area (Å²) in [6, 6.07) is 4.52. The highest BCUT2D eigenvalue weighted by Crippen LogP contribution is 2.35. The number of benzene rings is 2. The summed E-state index contributed by atoms with van der Waals surface area (Å²) in [6.07, 6.45) is 0. The van der Waals surface area contributed by atoms with Crippen molar-refractivity contribution < 1.29 is 0 Å². The fourth-order valence-corrected chi connectivity index (χ4v) is 3.38. The fraction of sp³-hybridized carbons (Fsp3) is 0.350. The van der Waals surface area contributed by atoms with E-state index in [-0.39, 0.29) is 0 Å². The summed E-state index contributed by atoms with van der Waals surface area (Å²) >= 11 is 0. The zero-order valence-corrected chi connectivity index (χ0v) is 14.1. The van der Waals surface area contributed by atoms with Crippen LogP contribution in [0, 0.1) is 48.5 Å². The van der Waals surface area contributed by atoms with Crippen LogP contribution in [0.3, 0.4) is 0 Å². The van der Waals surface area contributed by atoms with E-state index in [1.807, 2.05) is 0 Å². The Hall–Kier alpha value is -1.89. The monoisotopic (exact) mass is 277 g/mol. The number of hydrogen-bond donors (Lipinski definition) is 0. The maximum Gasteiger partial charge on any atom is 0.0789 e. The summed E-state index contributed by atoms with van der Waals surface area (Å²) in [6.45, 7) is 15.4. The molecule has 0 bridgehead atoms. The molecule has 108 valence electrons. The lowest BCUT2D eigenvalue weighted by Crippen LogP contribution is -1.99. The largest absolute Gasteiger partial charge is 0.252 e. The quantitative estimate of drug-likeness (QED) is 0.491. The molecule has 0 aliphatic heterocycles. The molecule has 3 rings (SSSR count). The summed E-state index contributed by atoms with van der Waals surface area (Å²) < 4.78 is 0. The van der Waals surface area contributed by atoms with Gasteiger partial charge in [0.1, 0.15) is 0 Å². The SMILES string of the molecule is Cc1nc2c(ccc3c(C)c(C)c(C)c(C)c32)c(C)c1C. The second-order valence-corrected chi connectivity index (χ2v) is 6.33.